The predicted octanol–water partition coefficient (Wildman–Crippen LogP) is 3.28. The van der Waals surface area contributed by atoms with Gasteiger partial charge in [0.2, 0.25) is 5.91 Å². The topological polar surface area (TPSA) is 99.4 Å². The van der Waals surface area contributed by atoms with Gasteiger partial charge in [0.25, 0.3) is 5.91 Å². The fourth-order valence-corrected chi connectivity index (χ4v) is 4.72. The summed E-state index contributed by atoms with van der Waals surface area (Å²) in [4.78, 5) is 37.6. The molecule has 2 amide bonds. The van der Waals surface area contributed by atoms with E-state index in [1.807, 2.05) is 17.5 Å². The number of rotatable bonds is 5. The van der Waals surface area contributed by atoms with Gasteiger partial charge in [-0.3, -0.25) is 14.6 Å². The van der Waals surface area contributed by atoms with Crippen molar-refractivity contribution in [1.82, 2.24) is 19.8 Å². The van der Waals surface area contributed by atoms with Gasteiger partial charge < -0.3 is 14.5 Å². The van der Waals surface area contributed by atoms with Crippen LogP contribution in [0.4, 0.5) is 0 Å². The van der Waals surface area contributed by atoms with Crippen LogP contribution in [0.2, 0.25) is 0 Å². The first-order valence-electron chi connectivity index (χ1n) is 10.6. The number of nitriles is 1. The lowest BCUT2D eigenvalue weighted by molar-refractivity contribution is -0.136. The Balaban J connectivity index is 1.53. The van der Waals surface area contributed by atoms with Crippen LogP contribution in [0.5, 0.6) is 5.75 Å². The molecule has 33 heavy (non-hydrogen) atoms. The first-order chi connectivity index (χ1) is 16.0. The monoisotopic (exact) mass is 461 g/mol. The van der Waals surface area contributed by atoms with E-state index in [0.717, 1.165) is 16.3 Å². The first-order valence-corrected chi connectivity index (χ1v) is 11.5. The number of hydrogen-bond donors (Lipinski definition) is 0. The predicted molar refractivity (Wildman–Crippen MR) is 123 cm³/mol. The smallest absolute Gasteiger partial charge is 0.261 e. The van der Waals surface area contributed by atoms with Gasteiger partial charge in [-0.2, -0.15) is 5.26 Å². The molecule has 2 aromatic heterocycles. The summed E-state index contributed by atoms with van der Waals surface area (Å²) < 4.78 is 5.69. The van der Waals surface area contributed by atoms with Gasteiger partial charge in [-0.15, -0.1) is 11.3 Å². The van der Waals surface area contributed by atoms with Gasteiger partial charge in [0.1, 0.15) is 10.8 Å². The Morgan fingerprint density at radius 3 is 2.61 bits per heavy atom. The van der Waals surface area contributed by atoms with Crippen LogP contribution >= 0.6 is 11.3 Å². The second kappa shape index (κ2) is 10.2. The summed E-state index contributed by atoms with van der Waals surface area (Å²) in [7, 11) is 0. The molecule has 1 atom stereocenters. The van der Waals surface area contributed by atoms with Crippen molar-refractivity contribution in [1.29, 1.82) is 5.26 Å². The van der Waals surface area contributed by atoms with E-state index in [-0.39, 0.29) is 24.5 Å². The Hall–Kier alpha value is -3.77. The van der Waals surface area contributed by atoms with Crippen LogP contribution in [0.1, 0.15) is 30.0 Å². The summed E-state index contributed by atoms with van der Waals surface area (Å²) in [6.07, 6.45) is 4.05. The molecule has 9 heteroatoms. The van der Waals surface area contributed by atoms with E-state index in [2.05, 4.69) is 11.1 Å². The Labute approximate surface area is 196 Å². The molecule has 1 aliphatic rings. The minimum Gasteiger partial charge on any atom is -0.484 e. The standard InChI is InChI=1S/C24H23N5O3S/c1-17(30)28-11-8-22(24-27-21(16-33-24)19-6-9-26-10-7-19)29(13-12-28)23(31)15-32-20-4-2-18(14-25)3-5-20/h2-7,9-10,16,22H,8,11-13,15H2,1H3. The molecule has 0 bridgehead atoms. The zero-order valence-electron chi connectivity index (χ0n) is 18.2. The Morgan fingerprint density at radius 1 is 1.15 bits per heavy atom. The third kappa shape index (κ3) is 5.35. The second-order valence-electron chi connectivity index (χ2n) is 7.63. The molecule has 0 spiro atoms. The molecule has 1 aliphatic heterocycles. The molecule has 1 fully saturated rings. The quantitative estimate of drug-likeness (QED) is 0.578. The lowest BCUT2D eigenvalue weighted by Gasteiger charge is -2.28. The summed E-state index contributed by atoms with van der Waals surface area (Å²) in [5.41, 5.74) is 2.33. The number of carbonyl (C=O) groups is 2. The zero-order valence-corrected chi connectivity index (χ0v) is 19.0. The van der Waals surface area contributed by atoms with Crippen LogP contribution in [0.25, 0.3) is 11.3 Å². The van der Waals surface area contributed by atoms with Crippen molar-refractivity contribution in [3.63, 3.8) is 0 Å². The molecule has 8 nitrogen and oxygen atoms in total. The van der Waals surface area contributed by atoms with Crippen LogP contribution in [0.15, 0.2) is 54.2 Å². The van der Waals surface area contributed by atoms with Crippen molar-refractivity contribution in [2.45, 2.75) is 19.4 Å². The van der Waals surface area contributed by atoms with Gasteiger partial charge in [0.05, 0.1) is 23.4 Å². The third-order valence-corrected chi connectivity index (χ3v) is 6.50. The van der Waals surface area contributed by atoms with E-state index in [1.54, 1.807) is 53.4 Å². The molecule has 168 valence electrons. The van der Waals surface area contributed by atoms with Gasteiger partial charge in [-0.05, 0) is 42.8 Å². The molecule has 0 aliphatic carbocycles. The number of pyridine rings is 1. The van der Waals surface area contributed by atoms with Crippen LogP contribution < -0.4 is 4.74 Å². The van der Waals surface area contributed by atoms with Crippen LogP contribution in [-0.4, -0.2) is 57.8 Å². The molecule has 0 saturated carbocycles. The van der Waals surface area contributed by atoms with Crippen molar-refractivity contribution in [2.75, 3.05) is 26.2 Å². The second-order valence-corrected chi connectivity index (χ2v) is 8.52. The number of nitrogens with zero attached hydrogens (tertiary/aromatic N) is 5. The average Bonchev–Trinajstić information content (AvgIpc) is 3.22. The van der Waals surface area contributed by atoms with Crippen molar-refractivity contribution in [3.8, 4) is 23.1 Å². The number of benzene rings is 1. The summed E-state index contributed by atoms with van der Waals surface area (Å²) in [5, 5.41) is 11.7. The van der Waals surface area contributed by atoms with E-state index in [9.17, 15) is 9.59 Å². The maximum absolute atomic E-state index is 13.2. The van der Waals surface area contributed by atoms with E-state index >= 15 is 0 Å². The Kier molecular flexibility index (Phi) is 6.95. The fraction of sp³-hybridized carbons (Fsp3) is 0.292. The molecule has 4 rings (SSSR count). The summed E-state index contributed by atoms with van der Waals surface area (Å²) in [5.74, 6) is 0.345. The molecular formula is C24H23N5O3S. The molecule has 1 unspecified atom stereocenters. The Bertz CT molecular complexity index is 1160. The fourth-order valence-electron chi connectivity index (χ4n) is 3.75. The van der Waals surface area contributed by atoms with Gasteiger partial charge in [0, 0.05) is 49.9 Å². The van der Waals surface area contributed by atoms with Gasteiger partial charge in [-0.1, -0.05) is 0 Å². The highest BCUT2D eigenvalue weighted by atomic mass is 32.1. The highest BCUT2D eigenvalue weighted by Gasteiger charge is 2.32. The molecular weight excluding hydrogens is 438 g/mol. The van der Waals surface area contributed by atoms with Crippen molar-refractivity contribution >= 4 is 23.2 Å². The van der Waals surface area contributed by atoms with E-state index in [0.29, 0.717) is 37.4 Å². The first kappa shape index (κ1) is 22.4. The number of thiazole rings is 1. The summed E-state index contributed by atoms with van der Waals surface area (Å²) in [6.45, 7) is 2.85. The number of ether oxygens (including phenoxy) is 1. The highest BCUT2D eigenvalue weighted by molar-refractivity contribution is 7.10. The van der Waals surface area contributed by atoms with Gasteiger partial charge in [-0.25, -0.2) is 4.98 Å². The van der Waals surface area contributed by atoms with E-state index < -0.39 is 0 Å². The number of carbonyl (C=O) groups excluding carboxylic acids is 2. The summed E-state index contributed by atoms with van der Waals surface area (Å²) in [6, 6.07) is 12.3. The Morgan fingerprint density at radius 2 is 1.91 bits per heavy atom. The van der Waals surface area contributed by atoms with Gasteiger partial charge in [0.15, 0.2) is 6.61 Å². The largest absolute Gasteiger partial charge is 0.484 e. The molecule has 0 radical (unpaired) electrons. The molecule has 1 aromatic carbocycles. The van der Waals surface area contributed by atoms with Gasteiger partial charge >= 0.3 is 0 Å². The van der Waals surface area contributed by atoms with Crippen LogP contribution in [-0.2, 0) is 9.59 Å². The number of hydrogen-bond acceptors (Lipinski definition) is 7. The number of amides is 2. The van der Waals surface area contributed by atoms with E-state index in [1.165, 1.54) is 11.3 Å². The lowest BCUT2D eigenvalue weighted by Crippen LogP contribution is -2.40. The third-order valence-electron chi connectivity index (χ3n) is 5.55. The minimum atomic E-state index is -0.244. The van der Waals surface area contributed by atoms with E-state index in [4.69, 9.17) is 15.0 Å². The van der Waals surface area contributed by atoms with Crippen LogP contribution in [0.3, 0.4) is 0 Å². The maximum Gasteiger partial charge on any atom is 0.261 e. The molecule has 3 aromatic rings. The SMILES string of the molecule is CC(=O)N1CCC(c2nc(-c3ccncc3)cs2)N(C(=O)COc2ccc(C#N)cc2)CC1. The van der Waals surface area contributed by atoms with Crippen molar-refractivity contribution < 1.29 is 14.3 Å². The van der Waals surface area contributed by atoms with Crippen molar-refractivity contribution in [3.05, 3.63) is 64.7 Å². The molecule has 1 saturated heterocycles. The number of aromatic nitrogens is 2. The molecule has 0 N–H and O–H groups in total. The van der Waals surface area contributed by atoms with Crippen molar-refractivity contribution in [2.24, 2.45) is 0 Å². The zero-order chi connectivity index (χ0) is 23.2. The van der Waals surface area contributed by atoms with Crippen LogP contribution in [0, 0.1) is 11.3 Å². The lowest BCUT2D eigenvalue weighted by atomic mass is 10.1. The normalized spacial score (nSPS) is 16.1. The summed E-state index contributed by atoms with van der Waals surface area (Å²) >= 11 is 1.51. The highest BCUT2D eigenvalue weighted by Crippen LogP contribution is 2.32. The maximum atomic E-state index is 13.2. The minimum absolute atomic E-state index is 0.00602. The molecule has 3 heterocycles. The average molecular weight is 462 g/mol.